The fourth-order valence-electron chi connectivity index (χ4n) is 1.79. The van der Waals surface area contributed by atoms with Crippen LogP contribution in [-0.4, -0.2) is 20.1 Å². The molecule has 0 aliphatic carbocycles. The van der Waals surface area contributed by atoms with E-state index >= 15 is 0 Å². The lowest BCUT2D eigenvalue weighted by molar-refractivity contribution is -0.115. The SMILES string of the molecule is O=C(CCS(=O)(=O)c1ccc(F)cc1)Nc1cc(Cl)ccc1Cl. The van der Waals surface area contributed by atoms with Crippen molar-refractivity contribution in [3.63, 3.8) is 0 Å². The Balaban J connectivity index is 2.01. The molecule has 0 aliphatic heterocycles. The number of rotatable bonds is 5. The molecular formula is C15H12Cl2FNO3S. The third-order valence-corrected chi connectivity index (χ3v) is 5.27. The minimum Gasteiger partial charge on any atom is -0.325 e. The normalized spacial score (nSPS) is 11.3. The molecule has 0 saturated heterocycles. The maximum absolute atomic E-state index is 12.8. The van der Waals surface area contributed by atoms with Gasteiger partial charge in [-0.2, -0.15) is 0 Å². The van der Waals surface area contributed by atoms with Crippen molar-refractivity contribution in [3.8, 4) is 0 Å². The summed E-state index contributed by atoms with van der Waals surface area (Å²) in [6.07, 6.45) is -0.261. The number of hydrogen-bond acceptors (Lipinski definition) is 3. The number of nitrogens with one attached hydrogen (secondary N) is 1. The zero-order valence-electron chi connectivity index (χ0n) is 11.7. The van der Waals surface area contributed by atoms with Gasteiger partial charge in [0, 0.05) is 11.4 Å². The lowest BCUT2D eigenvalue weighted by Crippen LogP contribution is -2.17. The molecule has 0 saturated carbocycles. The molecule has 2 aromatic carbocycles. The summed E-state index contributed by atoms with van der Waals surface area (Å²) in [6, 6.07) is 8.99. The number of anilines is 1. The van der Waals surface area contributed by atoms with E-state index < -0.39 is 27.3 Å². The molecule has 122 valence electrons. The minimum atomic E-state index is -3.67. The van der Waals surface area contributed by atoms with Crippen LogP contribution in [0.15, 0.2) is 47.4 Å². The molecule has 23 heavy (non-hydrogen) atoms. The zero-order valence-corrected chi connectivity index (χ0v) is 14.1. The quantitative estimate of drug-likeness (QED) is 0.805. The van der Waals surface area contributed by atoms with Crippen LogP contribution in [0.4, 0.5) is 10.1 Å². The minimum absolute atomic E-state index is 0.0347. The molecule has 1 N–H and O–H groups in total. The van der Waals surface area contributed by atoms with Gasteiger partial charge in [-0.3, -0.25) is 4.79 Å². The fraction of sp³-hybridized carbons (Fsp3) is 0.133. The van der Waals surface area contributed by atoms with Crippen LogP contribution < -0.4 is 5.32 Å². The molecule has 0 aliphatic rings. The maximum atomic E-state index is 12.8. The summed E-state index contributed by atoms with van der Waals surface area (Å²) in [4.78, 5) is 11.8. The summed E-state index contributed by atoms with van der Waals surface area (Å²) in [7, 11) is -3.67. The van der Waals surface area contributed by atoms with Gasteiger partial charge in [0.1, 0.15) is 5.82 Å². The third-order valence-electron chi connectivity index (χ3n) is 2.97. The predicted octanol–water partition coefficient (Wildman–Crippen LogP) is 3.94. The van der Waals surface area contributed by atoms with Crippen LogP contribution >= 0.6 is 23.2 Å². The van der Waals surface area contributed by atoms with Gasteiger partial charge >= 0.3 is 0 Å². The summed E-state index contributed by atoms with van der Waals surface area (Å²) in [6.45, 7) is 0. The van der Waals surface area contributed by atoms with Gasteiger partial charge in [0.2, 0.25) is 5.91 Å². The van der Waals surface area contributed by atoms with Crippen molar-refractivity contribution in [1.82, 2.24) is 0 Å². The average molecular weight is 376 g/mol. The summed E-state index contributed by atoms with van der Waals surface area (Å²) >= 11 is 11.7. The summed E-state index contributed by atoms with van der Waals surface area (Å²) in [5.74, 6) is -1.44. The van der Waals surface area contributed by atoms with Crippen LogP contribution in [0.1, 0.15) is 6.42 Å². The summed E-state index contributed by atoms with van der Waals surface area (Å²) in [5.41, 5.74) is 0.309. The second kappa shape index (κ2) is 7.29. The molecule has 0 fully saturated rings. The van der Waals surface area contributed by atoms with Gasteiger partial charge in [0.15, 0.2) is 9.84 Å². The smallest absolute Gasteiger partial charge is 0.225 e. The van der Waals surface area contributed by atoms with Gasteiger partial charge in [0.05, 0.1) is 21.4 Å². The van der Waals surface area contributed by atoms with Crippen molar-refractivity contribution in [1.29, 1.82) is 0 Å². The van der Waals surface area contributed by atoms with E-state index in [1.165, 1.54) is 12.1 Å². The van der Waals surface area contributed by atoms with Gasteiger partial charge in [-0.15, -0.1) is 0 Å². The topological polar surface area (TPSA) is 63.2 Å². The lowest BCUT2D eigenvalue weighted by atomic mass is 10.3. The molecule has 1 amide bonds. The van der Waals surface area contributed by atoms with Gasteiger partial charge in [-0.1, -0.05) is 23.2 Å². The molecule has 0 bridgehead atoms. The Labute approximate surface area is 143 Å². The molecule has 0 spiro atoms. The molecule has 2 rings (SSSR count). The average Bonchev–Trinajstić information content (AvgIpc) is 2.49. The molecule has 0 atom stereocenters. The van der Waals surface area contributed by atoms with Gasteiger partial charge in [0.25, 0.3) is 0 Å². The highest BCUT2D eigenvalue weighted by Crippen LogP contribution is 2.25. The summed E-state index contributed by atoms with van der Waals surface area (Å²) < 4.78 is 37.0. The predicted molar refractivity (Wildman–Crippen MR) is 88.2 cm³/mol. The number of amides is 1. The van der Waals surface area contributed by atoms with E-state index in [9.17, 15) is 17.6 Å². The van der Waals surface area contributed by atoms with Crippen LogP contribution in [0.25, 0.3) is 0 Å². The first-order valence-electron chi connectivity index (χ1n) is 6.51. The molecular weight excluding hydrogens is 364 g/mol. The number of benzene rings is 2. The second-order valence-electron chi connectivity index (χ2n) is 4.70. The van der Waals surface area contributed by atoms with Crippen LogP contribution in [0, 0.1) is 5.82 Å². The third kappa shape index (κ3) is 4.92. The summed E-state index contributed by atoms with van der Waals surface area (Å²) in [5, 5.41) is 3.19. The van der Waals surface area contributed by atoms with Gasteiger partial charge in [-0.05, 0) is 42.5 Å². The van der Waals surface area contributed by atoms with Crippen LogP contribution in [0.3, 0.4) is 0 Å². The van der Waals surface area contributed by atoms with E-state index in [0.29, 0.717) is 15.7 Å². The number of carbonyl (C=O) groups is 1. The highest BCUT2D eigenvalue weighted by Gasteiger charge is 2.17. The Hall–Kier alpha value is -1.63. The molecule has 2 aromatic rings. The molecule has 0 aromatic heterocycles. The van der Waals surface area contributed by atoms with E-state index in [-0.39, 0.29) is 11.3 Å². The first-order valence-corrected chi connectivity index (χ1v) is 8.92. The van der Waals surface area contributed by atoms with Crippen molar-refractivity contribution < 1.29 is 17.6 Å². The molecule has 8 heteroatoms. The number of sulfone groups is 1. The maximum Gasteiger partial charge on any atom is 0.225 e. The van der Waals surface area contributed by atoms with Crippen LogP contribution in [-0.2, 0) is 14.6 Å². The van der Waals surface area contributed by atoms with Crippen molar-refractivity contribution in [2.75, 3.05) is 11.1 Å². The Morgan fingerprint density at radius 3 is 2.39 bits per heavy atom. The largest absolute Gasteiger partial charge is 0.325 e. The number of hydrogen-bond donors (Lipinski definition) is 1. The Morgan fingerprint density at radius 1 is 1.09 bits per heavy atom. The number of halogens is 3. The molecule has 0 unspecified atom stereocenters. The first kappa shape index (κ1) is 17.7. The van der Waals surface area contributed by atoms with Gasteiger partial charge < -0.3 is 5.32 Å². The van der Waals surface area contributed by atoms with Crippen molar-refractivity contribution in [2.45, 2.75) is 11.3 Å². The highest BCUT2D eigenvalue weighted by molar-refractivity contribution is 7.91. The van der Waals surface area contributed by atoms with Gasteiger partial charge in [-0.25, -0.2) is 12.8 Å². The van der Waals surface area contributed by atoms with E-state index in [4.69, 9.17) is 23.2 Å². The Bertz CT molecular complexity index is 823. The van der Waals surface area contributed by atoms with E-state index in [2.05, 4.69) is 5.32 Å². The lowest BCUT2D eigenvalue weighted by Gasteiger charge is -2.08. The van der Waals surface area contributed by atoms with E-state index in [0.717, 1.165) is 24.3 Å². The second-order valence-corrected chi connectivity index (χ2v) is 7.65. The van der Waals surface area contributed by atoms with Crippen molar-refractivity contribution in [3.05, 3.63) is 58.3 Å². The molecule has 4 nitrogen and oxygen atoms in total. The Morgan fingerprint density at radius 2 is 1.74 bits per heavy atom. The van der Waals surface area contributed by atoms with Crippen LogP contribution in [0.2, 0.25) is 10.0 Å². The molecule has 0 heterocycles. The molecule has 0 radical (unpaired) electrons. The standard InChI is InChI=1S/C15H12Cl2FNO3S/c16-10-1-6-13(17)14(9-10)19-15(20)7-8-23(21,22)12-4-2-11(18)3-5-12/h1-6,9H,7-8H2,(H,19,20). The highest BCUT2D eigenvalue weighted by atomic mass is 35.5. The number of carbonyl (C=O) groups excluding carboxylic acids is 1. The fourth-order valence-corrected chi connectivity index (χ4v) is 3.37. The van der Waals surface area contributed by atoms with Crippen molar-refractivity contribution in [2.24, 2.45) is 0 Å². The van der Waals surface area contributed by atoms with Crippen LogP contribution in [0.5, 0.6) is 0 Å². The van der Waals surface area contributed by atoms with E-state index in [1.807, 2.05) is 0 Å². The Kier molecular flexibility index (Phi) is 5.62. The van der Waals surface area contributed by atoms with Crippen molar-refractivity contribution >= 4 is 44.6 Å². The first-order chi connectivity index (χ1) is 10.8. The monoisotopic (exact) mass is 375 g/mol. The zero-order chi connectivity index (χ0) is 17.0. The van der Waals surface area contributed by atoms with E-state index in [1.54, 1.807) is 6.07 Å².